The fourth-order valence-corrected chi connectivity index (χ4v) is 3.97. The number of ether oxygens (including phenoxy) is 1. The second-order valence-electron chi connectivity index (χ2n) is 6.90. The first-order valence-corrected chi connectivity index (χ1v) is 11.2. The van der Waals surface area contributed by atoms with Crippen LogP contribution in [-0.4, -0.2) is 56.9 Å². The van der Waals surface area contributed by atoms with Crippen molar-refractivity contribution in [2.24, 2.45) is 0 Å². The zero-order chi connectivity index (χ0) is 20.3. The monoisotopic (exact) mass is 414 g/mol. The van der Waals surface area contributed by atoms with Gasteiger partial charge in [0.05, 0.1) is 18.6 Å². The van der Waals surface area contributed by atoms with E-state index in [1.807, 2.05) is 30.6 Å². The van der Waals surface area contributed by atoms with E-state index in [1.54, 1.807) is 17.1 Å². The molecule has 29 heavy (non-hydrogen) atoms. The molecule has 1 aliphatic rings. The number of hydrogen-bond donors (Lipinski definition) is 0. The smallest absolute Gasteiger partial charge is 0.316 e. The summed E-state index contributed by atoms with van der Waals surface area (Å²) in [7, 11) is -3.20. The van der Waals surface area contributed by atoms with Crippen molar-refractivity contribution in [3.63, 3.8) is 0 Å². The van der Waals surface area contributed by atoms with Gasteiger partial charge in [0.15, 0.2) is 5.82 Å². The van der Waals surface area contributed by atoms with Gasteiger partial charge >= 0.3 is 6.01 Å². The summed E-state index contributed by atoms with van der Waals surface area (Å²) in [6, 6.07) is 6.17. The van der Waals surface area contributed by atoms with Gasteiger partial charge in [-0.25, -0.2) is 23.1 Å². The molecule has 4 rings (SSSR count). The van der Waals surface area contributed by atoms with Gasteiger partial charge in [0, 0.05) is 49.9 Å². The Hall–Kier alpha value is -2.85. The van der Waals surface area contributed by atoms with Crippen molar-refractivity contribution in [3.05, 3.63) is 59.8 Å². The predicted octanol–water partition coefficient (Wildman–Crippen LogP) is 1.39. The first-order valence-electron chi connectivity index (χ1n) is 9.37. The van der Waals surface area contributed by atoms with Crippen molar-refractivity contribution in [3.8, 4) is 11.8 Å². The molecule has 0 aliphatic carbocycles. The van der Waals surface area contributed by atoms with Gasteiger partial charge in [0.2, 0.25) is 10.0 Å². The van der Waals surface area contributed by atoms with Crippen LogP contribution < -0.4 is 4.74 Å². The molecule has 4 heterocycles. The van der Waals surface area contributed by atoms with Crippen molar-refractivity contribution in [2.75, 3.05) is 19.4 Å². The second kappa shape index (κ2) is 8.26. The lowest BCUT2D eigenvalue weighted by Crippen LogP contribution is -2.35. The van der Waals surface area contributed by atoms with Crippen LogP contribution in [0.2, 0.25) is 0 Å². The molecular weight excluding hydrogens is 392 g/mol. The first-order chi connectivity index (χ1) is 14.0. The van der Waals surface area contributed by atoms with Gasteiger partial charge in [-0.3, -0.25) is 0 Å². The number of rotatable bonds is 7. The molecule has 0 saturated heterocycles. The fraction of sp³-hybridized carbons (Fsp3) is 0.368. The van der Waals surface area contributed by atoms with Crippen molar-refractivity contribution in [1.82, 2.24) is 29.0 Å². The van der Waals surface area contributed by atoms with E-state index in [-0.39, 0.29) is 0 Å². The highest BCUT2D eigenvalue weighted by Crippen LogP contribution is 2.20. The van der Waals surface area contributed by atoms with Gasteiger partial charge in [0.1, 0.15) is 0 Å². The quantitative estimate of drug-likeness (QED) is 0.538. The highest BCUT2D eigenvalue weighted by Gasteiger charge is 2.24. The molecule has 3 aromatic heterocycles. The minimum atomic E-state index is -3.20. The molecule has 0 N–H and O–H groups in total. The van der Waals surface area contributed by atoms with Crippen LogP contribution in [-0.2, 0) is 29.4 Å². The van der Waals surface area contributed by atoms with Gasteiger partial charge < -0.3 is 4.74 Å². The average Bonchev–Trinajstić information content (AvgIpc) is 3.25. The Morgan fingerprint density at radius 2 is 2.10 bits per heavy atom. The molecule has 0 radical (unpaired) electrons. The third-order valence-electron chi connectivity index (χ3n) is 4.74. The summed E-state index contributed by atoms with van der Waals surface area (Å²) >= 11 is 0. The maximum Gasteiger partial charge on any atom is 0.316 e. The predicted molar refractivity (Wildman–Crippen MR) is 106 cm³/mol. The molecule has 1 aliphatic heterocycles. The molecule has 0 bridgehead atoms. The Kier molecular flexibility index (Phi) is 5.54. The van der Waals surface area contributed by atoms with E-state index in [0.717, 1.165) is 35.5 Å². The summed E-state index contributed by atoms with van der Waals surface area (Å²) in [6.45, 7) is 1.24. The first kappa shape index (κ1) is 19.5. The second-order valence-corrected chi connectivity index (χ2v) is 8.88. The number of hydrogen-bond acceptors (Lipinski definition) is 7. The van der Waals surface area contributed by atoms with Crippen LogP contribution in [0.3, 0.4) is 0 Å². The van der Waals surface area contributed by atoms with E-state index in [2.05, 4.69) is 20.1 Å². The maximum atomic E-state index is 11.7. The summed E-state index contributed by atoms with van der Waals surface area (Å²) in [5.74, 6) is 0.784. The Morgan fingerprint density at radius 1 is 1.21 bits per heavy atom. The van der Waals surface area contributed by atoms with Crippen LogP contribution in [0.4, 0.5) is 0 Å². The zero-order valence-electron chi connectivity index (χ0n) is 16.1. The van der Waals surface area contributed by atoms with E-state index >= 15 is 0 Å². The molecular formula is C19H22N6O3S. The molecule has 0 spiro atoms. The van der Waals surface area contributed by atoms with E-state index in [9.17, 15) is 8.42 Å². The zero-order valence-corrected chi connectivity index (χ0v) is 16.9. The van der Waals surface area contributed by atoms with Crippen LogP contribution >= 0.6 is 0 Å². The molecule has 0 saturated carbocycles. The molecule has 10 heteroatoms. The molecule has 152 valence electrons. The largest absolute Gasteiger partial charge is 0.463 e. The molecule has 9 nitrogen and oxygen atoms in total. The summed E-state index contributed by atoms with van der Waals surface area (Å²) in [5.41, 5.74) is 2.81. The lowest BCUT2D eigenvalue weighted by atomic mass is 10.1. The minimum Gasteiger partial charge on any atom is -0.463 e. The van der Waals surface area contributed by atoms with Crippen molar-refractivity contribution < 1.29 is 13.2 Å². The minimum absolute atomic E-state index is 0.315. The summed E-state index contributed by atoms with van der Waals surface area (Å²) in [4.78, 5) is 13.1. The highest BCUT2D eigenvalue weighted by atomic mass is 32.2. The van der Waals surface area contributed by atoms with Crippen molar-refractivity contribution in [2.45, 2.75) is 25.8 Å². The molecule has 0 aromatic carbocycles. The molecule has 0 amide bonds. The number of fused-ring (bicyclic) bond motifs is 1. The van der Waals surface area contributed by atoms with Crippen LogP contribution in [0.15, 0.2) is 43.0 Å². The van der Waals surface area contributed by atoms with Crippen LogP contribution in [0.25, 0.3) is 5.82 Å². The van der Waals surface area contributed by atoms with E-state index < -0.39 is 10.0 Å². The van der Waals surface area contributed by atoms with E-state index in [4.69, 9.17) is 4.74 Å². The molecule has 0 fully saturated rings. The van der Waals surface area contributed by atoms with E-state index in [0.29, 0.717) is 32.1 Å². The standard InChI is InChI=1S/C19H22N6O3S/c1-29(26,27)24-10-7-17-16(14-24)13-21-19(23-17)28-11-2-4-15-5-6-18(20-12-15)25-9-3-8-22-25/h3,5-6,8-9,12-13H,2,4,7,10-11,14H2,1H3. The topological polar surface area (TPSA) is 103 Å². The number of nitrogens with zero attached hydrogens (tertiary/aromatic N) is 6. The molecule has 0 unspecified atom stereocenters. The highest BCUT2D eigenvalue weighted by molar-refractivity contribution is 7.88. The van der Waals surface area contributed by atoms with E-state index in [1.165, 1.54) is 10.6 Å². The average molecular weight is 414 g/mol. The molecule has 0 atom stereocenters. The van der Waals surface area contributed by atoms with Crippen LogP contribution in [0.5, 0.6) is 6.01 Å². The number of aromatic nitrogens is 5. The third kappa shape index (κ3) is 4.77. The van der Waals surface area contributed by atoms with Crippen LogP contribution in [0, 0.1) is 0 Å². The Morgan fingerprint density at radius 3 is 2.83 bits per heavy atom. The number of sulfonamides is 1. The van der Waals surface area contributed by atoms with Crippen molar-refractivity contribution in [1.29, 1.82) is 0 Å². The lowest BCUT2D eigenvalue weighted by Gasteiger charge is -2.25. The third-order valence-corrected chi connectivity index (χ3v) is 5.98. The summed E-state index contributed by atoms with van der Waals surface area (Å²) < 4.78 is 32.2. The van der Waals surface area contributed by atoms with Gasteiger partial charge in [-0.2, -0.15) is 14.4 Å². The SMILES string of the molecule is CS(=O)(=O)N1CCc2nc(OCCCc3ccc(-n4cccn4)nc3)ncc2C1. The summed E-state index contributed by atoms with van der Waals surface area (Å²) in [6.07, 6.45) is 10.5. The maximum absolute atomic E-state index is 11.7. The molecule has 3 aromatic rings. The lowest BCUT2D eigenvalue weighted by molar-refractivity contribution is 0.283. The normalized spacial score (nSPS) is 14.5. The van der Waals surface area contributed by atoms with Gasteiger partial charge in [-0.1, -0.05) is 6.07 Å². The Bertz CT molecular complexity index is 1070. The van der Waals surface area contributed by atoms with Crippen LogP contribution in [0.1, 0.15) is 23.2 Å². The number of pyridine rings is 1. The van der Waals surface area contributed by atoms with Gasteiger partial charge in [-0.15, -0.1) is 0 Å². The van der Waals surface area contributed by atoms with Gasteiger partial charge in [0.25, 0.3) is 0 Å². The van der Waals surface area contributed by atoms with Crippen molar-refractivity contribution >= 4 is 10.0 Å². The number of aryl methyl sites for hydroxylation is 1. The summed E-state index contributed by atoms with van der Waals surface area (Å²) in [5, 5.41) is 4.16. The Labute approximate surface area is 169 Å². The Balaban J connectivity index is 1.27. The fourth-order valence-electron chi connectivity index (χ4n) is 3.17. The van der Waals surface area contributed by atoms with Gasteiger partial charge in [-0.05, 0) is 30.5 Å².